The lowest BCUT2D eigenvalue weighted by Gasteiger charge is -2.31. The van der Waals surface area contributed by atoms with Crippen molar-refractivity contribution in [2.45, 2.75) is 44.7 Å². The van der Waals surface area contributed by atoms with Gasteiger partial charge < -0.3 is 10.6 Å². The van der Waals surface area contributed by atoms with Gasteiger partial charge in [-0.2, -0.15) is 0 Å². The second-order valence-electron chi connectivity index (χ2n) is 8.02. The Kier molecular flexibility index (Phi) is 8.34. The fourth-order valence-corrected chi connectivity index (χ4v) is 4.52. The molecule has 5 nitrogen and oxygen atoms in total. The van der Waals surface area contributed by atoms with Gasteiger partial charge in [0, 0.05) is 37.1 Å². The number of likely N-dealkylation sites (tertiary alicyclic amines) is 1. The normalized spacial score (nSPS) is 16.8. The molecule has 1 saturated heterocycles. The zero-order valence-electron chi connectivity index (χ0n) is 17.8. The summed E-state index contributed by atoms with van der Waals surface area (Å²) in [6.07, 6.45) is 2.59. The minimum atomic E-state index is -0.0927. The number of rotatable bonds is 8. The molecule has 1 heterocycles. The van der Waals surface area contributed by atoms with Crippen molar-refractivity contribution in [1.82, 2.24) is 10.2 Å². The van der Waals surface area contributed by atoms with Crippen LogP contribution in [0, 0.1) is 5.92 Å². The van der Waals surface area contributed by atoms with Crippen molar-refractivity contribution in [2.24, 2.45) is 5.92 Å². The monoisotopic (exact) mass is 425 g/mol. The van der Waals surface area contributed by atoms with E-state index in [1.807, 2.05) is 30.3 Å². The quantitative estimate of drug-likeness (QED) is 0.620. The summed E-state index contributed by atoms with van der Waals surface area (Å²) in [5, 5.41) is 5.80. The van der Waals surface area contributed by atoms with Crippen LogP contribution in [0.4, 0.5) is 5.69 Å². The first-order chi connectivity index (χ1) is 14.5. The van der Waals surface area contributed by atoms with Gasteiger partial charge in [0.05, 0.1) is 5.75 Å². The lowest BCUT2D eigenvalue weighted by molar-refractivity contribution is -0.118. The van der Waals surface area contributed by atoms with Gasteiger partial charge in [-0.3, -0.25) is 14.5 Å². The number of carbonyl (C=O) groups excluding carboxylic acids is 2. The number of benzene rings is 2. The molecule has 2 aromatic rings. The highest BCUT2D eigenvalue weighted by Crippen LogP contribution is 2.21. The number of amides is 2. The third-order valence-electron chi connectivity index (χ3n) is 5.27. The van der Waals surface area contributed by atoms with E-state index < -0.39 is 0 Å². The zero-order chi connectivity index (χ0) is 21.3. The molecule has 1 unspecified atom stereocenters. The molecule has 2 aromatic carbocycles. The molecule has 1 aliphatic heterocycles. The summed E-state index contributed by atoms with van der Waals surface area (Å²) in [4.78, 5) is 26.9. The van der Waals surface area contributed by atoms with Crippen molar-refractivity contribution in [1.29, 1.82) is 0 Å². The van der Waals surface area contributed by atoms with E-state index in [2.05, 4.69) is 40.7 Å². The topological polar surface area (TPSA) is 61.4 Å². The molecule has 3 rings (SSSR count). The fraction of sp³-hybridized carbons (Fsp3) is 0.417. The molecule has 2 N–H and O–H groups in total. The first-order valence-corrected chi connectivity index (χ1v) is 11.5. The minimum absolute atomic E-state index is 0.0207. The van der Waals surface area contributed by atoms with E-state index >= 15 is 0 Å². The Balaban J connectivity index is 1.47. The van der Waals surface area contributed by atoms with Crippen molar-refractivity contribution < 1.29 is 9.59 Å². The Bertz CT molecular complexity index is 854. The maximum atomic E-state index is 12.3. The number of thioether (sulfide) groups is 1. The van der Waals surface area contributed by atoms with Gasteiger partial charge in [0.25, 0.3) is 0 Å². The lowest BCUT2D eigenvalue weighted by atomic mass is 9.99. The molecule has 6 heteroatoms. The smallest absolute Gasteiger partial charge is 0.230 e. The number of hydrogen-bond acceptors (Lipinski definition) is 4. The highest BCUT2D eigenvalue weighted by molar-refractivity contribution is 8.00. The summed E-state index contributed by atoms with van der Waals surface area (Å²) < 4.78 is 0. The Morgan fingerprint density at radius 2 is 1.83 bits per heavy atom. The van der Waals surface area contributed by atoms with Gasteiger partial charge in [0.2, 0.25) is 11.8 Å². The Labute approximate surface area is 183 Å². The molecule has 0 aromatic heterocycles. The SMILES string of the molecule is CC(=O)Nc1ccc(SCC(=O)NCc2ccccc2CN2CCCC(C)C2)cc1. The van der Waals surface area contributed by atoms with Gasteiger partial charge >= 0.3 is 0 Å². The van der Waals surface area contributed by atoms with Crippen LogP contribution in [0.25, 0.3) is 0 Å². The summed E-state index contributed by atoms with van der Waals surface area (Å²) in [6.45, 7) is 7.62. The first kappa shape index (κ1) is 22.4. The van der Waals surface area contributed by atoms with Crippen molar-refractivity contribution in [2.75, 3.05) is 24.2 Å². The molecule has 0 spiro atoms. The number of carbonyl (C=O) groups is 2. The molecule has 0 aliphatic carbocycles. The van der Waals surface area contributed by atoms with E-state index in [0.717, 1.165) is 36.1 Å². The summed E-state index contributed by atoms with van der Waals surface area (Å²) >= 11 is 1.49. The Morgan fingerprint density at radius 3 is 2.53 bits per heavy atom. The number of piperidine rings is 1. The summed E-state index contributed by atoms with van der Waals surface area (Å²) in [6, 6.07) is 15.9. The van der Waals surface area contributed by atoms with Crippen LogP contribution in [-0.2, 0) is 22.7 Å². The van der Waals surface area contributed by atoms with Gasteiger partial charge in [-0.25, -0.2) is 0 Å². The maximum absolute atomic E-state index is 12.3. The molecule has 1 fully saturated rings. The number of nitrogens with zero attached hydrogens (tertiary/aromatic N) is 1. The Hall–Kier alpha value is -2.31. The van der Waals surface area contributed by atoms with Crippen LogP contribution in [-0.4, -0.2) is 35.6 Å². The molecule has 30 heavy (non-hydrogen) atoms. The molecular formula is C24H31N3O2S. The molecule has 160 valence electrons. The first-order valence-electron chi connectivity index (χ1n) is 10.6. The van der Waals surface area contributed by atoms with Crippen molar-refractivity contribution in [3.05, 3.63) is 59.7 Å². The number of nitrogens with one attached hydrogen (secondary N) is 2. The fourth-order valence-electron chi connectivity index (χ4n) is 3.79. The lowest BCUT2D eigenvalue weighted by Crippen LogP contribution is -2.34. The van der Waals surface area contributed by atoms with Crippen LogP contribution in [0.5, 0.6) is 0 Å². The van der Waals surface area contributed by atoms with Crippen molar-refractivity contribution in [3.8, 4) is 0 Å². The van der Waals surface area contributed by atoms with E-state index in [0.29, 0.717) is 12.3 Å². The van der Waals surface area contributed by atoms with E-state index in [-0.39, 0.29) is 11.8 Å². The molecule has 2 amide bonds. The second-order valence-corrected chi connectivity index (χ2v) is 9.07. The van der Waals surface area contributed by atoms with E-state index in [9.17, 15) is 9.59 Å². The summed E-state index contributed by atoms with van der Waals surface area (Å²) in [7, 11) is 0. The van der Waals surface area contributed by atoms with Gasteiger partial charge in [-0.15, -0.1) is 11.8 Å². The van der Waals surface area contributed by atoms with Crippen LogP contribution in [0.3, 0.4) is 0 Å². The average molecular weight is 426 g/mol. The van der Waals surface area contributed by atoms with Crippen LogP contribution in [0.1, 0.15) is 37.8 Å². The molecule has 0 radical (unpaired) electrons. The predicted octanol–water partition coefficient (Wildman–Crippen LogP) is 4.29. The average Bonchev–Trinajstić information content (AvgIpc) is 2.72. The van der Waals surface area contributed by atoms with Gasteiger partial charge in [0.1, 0.15) is 0 Å². The largest absolute Gasteiger partial charge is 0.351 e. The zero-order valence-corrected chi connectivity index (χ0v) is 18.6. The molecule has 1 atom stereocenters. The van der Waals surface area contributed by atoms with Gasteiger partial charge in [0.15, 0.2) is 0 Å². The van der Waals surface area contributed by atoms with Gasteiger partial charge in [-0.1, -0.05) is 31.2 Å². The number of anilines is 1. The second kappa shape index (κ2) is 11.2. The van der Waals surface area contributed by atoms with E-state index in [4.69, 9.17) is 0 Å². The summed E-state index contributed by atoms with van der Waals surface area (Å²) in [5.41, 5.74) is 3.25. The Morgan fingerprint density at radius 1 is 1.10 bits per heavy atom. The third-order valence-corrected chi connectivity index (χ3v) is 6.29. The standard InChI is InChI=1S/C24H31N3O2S/c1-18-6-5-13-27(15-18)16-21-8-4-3-7-20(21)14-25-24(29)17-30-23-11-9-22(10-12-23)26-19(2)28/h3-4,7-12,18H,5-6,13-17H2,1-2H3,(H,25,29)(H,26,28). The van der Waals surface area contributed by atoms with Crippen LogP contribution in [0.2, 0.25) is 0 Å². The van der Waals surface area contributed by atoms with Crippen LogP contribution >= 0.6 is 11.8 Å². The molecule has 1 aliphatic rings. The van der Waals surface area contributed by atoms with Crippen LogP contribution < -0.4 is 10.6 Å². The minimum Gasteiger partial charge on any atom is -0.351 e. The van der Waals surface area contributed by atoms with Crippen LogP contribution in [0.15, 0.2) is 53.4 Å². The number of hydrogen-bond donors (Lipinski definition) is 2. The third kappa shape index (κ3) is 7.18. The highest BCUT2D eigenvalue weighted by Gasteiger charge is 2.17. The van der Waals surface area contributed by atoms with Crippen molar-refractivity contribution in [3.63, 3.8) is 0 Å². The predicted molar refractivity (Wildman–Crippen MR) is 123 cm³/mol. The maximum Gasteiger partial charge on any atom is 0.230 e. The summed E-state index contributed by atoms with van der Waals surface area (Å²) in [5.74, 6) is 1.05. The van der Waals surface area contributed by atoms with Crippen molar-refractivity contribution >= 4 is 29.3 Å². The van der Waals surface area contributed by atoms with E-state index in [1.165, 1.54) is 42.7 Å². The highest BCUT2D eigenvalue weighted by atomic mass is 32.2. The van der Waals surface area contributed by atoms with E-state index in [1.54, 1.807) is 0 Å². The van der Waals surface area contributed by atoms with Gasteiger partial charge in [-0.05, 0) is 60.7 Å². The molecular weight excluding hydrogens is 394 g/mol. The molecule has 0 bridgehead atoms. The molecule has 0 saturated carbocycles.